The second-order valence-electron chi connectivity index (χ2n) is 8.71. The van der Waals surface area contributed by atoms with Crippen LogP contribution in [0.2, 0.25) is 0 Å². The van der Waals surface area contributed by atoms with E-state index in [1.165, 1.54) is 0 Å². The molecule has 8 nitrogen and oxygen atoms in total. The van der Waals surface area contributed by atoms with E-state index >= 15 is 0 Å². The summed E-state index contributed by atoms with van der Waals surface area (Å²) in [6.07, 6.45) is 8.49. The standard InChI is InChI=1S/C21H29FN8/c1-15-9-24-20(27-18-11-26-29(2)12-18)28-19(15)30-13-21(14-30,6-7-23)25-10-16-4-3-5-17(22)8-16/h9,11-12,16-17,25H,3-6,8,10,13-14H2,1-2H3,(H,24,27,28)/t16-,17-/m0/s1. The van der Waals surface area contributed by atoms with E-state index in [1.54, 1.807) is 10.9 Å². The van der Waals surface area contributed by atoms with Crippen LogP contribution in [0.3, 0.4) is 0 Å². The van der Waals surface area contributed by atoms with Crippen molar-refractivity contribution in [2.45, 2.75) is 50.7 Å². The molecule has 0 bridgehead atoms. The van der Waals surface area contributed by atoms with E-state index in [-0.39, 0.29) is 5.54 Å². The summed E-state index contributed by atoms with van der Waals surface area (Å²) >= 11 is 0. The zero-order valence-electron chi connectivity index (χ0n) is 17.6. The molecule has 4 rings (SSSR count). The summed E-state index contributed by atoms with van der Waals surface area (Å²) in [7, 11) is 1.86. The van der Waals surface area contributed by atoms with Gasteiger partial charge in [0, 0.05) is 38.1 Å². The van der Waals surface area contributed by atoms with Crippen molar-refractivity contribution < 1.29 is 4.39 Å². The molecule has 2 atom stereocenters. The van der Waals surface area contributed by atoms with Gasteiger partial charge in [0.05, 0.1) is 29.9 Å². The van der Waals surface area contributed by atoms with Gasteiger partial charge in [0.2, 0.25) is 5.95 Å². The number of halogens is 1. The van der Waals surface area contributed by atoms with Crippen LogP contribution in [0.5, 0.6) is 0 Å². The van der Waals surface area contributed by atoms with Gasteiger partial charge in [0.25, 0.3) is 0 Å². The first-order valence-corrected chi connectivity index (χ1v) is 10.6. The van der Waals surface area contributed by atoms with Gasteiger partial charge >= 0.3 is 0 Å². The fourth-order valence-corrected chi connectivity index (χ4v) is 4.47. The van der Waals surface area contributed by atoms with Gasteiger partial charge in [0.15, 0.2) is 0 Å². The van der Waals surface area contributed by atoms with Gasteiger partial charge < -0.3 is 15.5 Å². The summed E-state index contributed by atoms with van der Waals surface area (Å²) in [6.45, 7) is 4.17. The Labute approximate surface area is 176 Å². The second-order valence-corrected chi connectivity index (χ2v) is 8.71. The molecule has 0 amide bonds. The predicted molar refractivity (Wildman–Crippen MR) is 113 cm³/mol. The molecule has 160 valence electrons. The van der Waals surface area contributed by atoms with Crippen LogP contribution in [-0.2, 0) is 7.05 Å². The highest BCUT2D eigenvalue weighted by atomic mass is 19.1. The van der Waals surface area contributed by atoms with Crippen LogP contribution < -0.4 is 15.5 Å². The van der Waals surface area contributed by atoms with Crippen molar-refractivity contribution in [1.29, 1.82) is 5.26 Å². The molecule has 9 heteroatoms. The highest BCUT2D eigenvalue weighted by Gasteiger charge is 2.44. The van der Waals surface area contributed by atoms with E-state index in [0.717, 1.165) is 36.5 Å². The quantitative estimate of drug-likeness (QED) is 0.722. The van der Waals surface area contributed by atoms with Crippen LogP contribution >= 0.6 is 0 Å². The third kappa shape index (κ3) is 4.54. The first-order chi connectivity index (χ1) is 14.5. The largest absolute Gasteiger partial charge is 0.352 e. The number of anilines is 3. The molecule has 1 aliphatic carbocycles. The lowest BCUT2D eigenvalue weighted by Gasteiger charge is -2.51. The number of nitrogens with one attached hydrogen (secondary N) is 2. The molecule has 2 aromatic heterocycles. The molecule has 1 saturated heterocycles. The summed E-state index contributed by atoms with van der Waals surface area (Å²) in [4.78, 5) is 11.2. The topological polar surface area (TPSA) is 94.7 Å². The van der Waals surface area contributed by atoms with E-state index in [0.29, 0.717) is 44.2 Å². The smallest absolute Gasteiger partial charge is 0.229 e. The first-order valence-electron chi connectivity index (χ1n) is 10.6. The van der Waals surface area contributed by atoms with Crippen LogP contribution in [-0.4, -0.2) is 51.1 Å². The van der Waals surface area contributed by atoms with Gasteiger partial charge in [-0.25, -0.2) is 9.37 Å². The molecule has 30 heavy (non-hydrogen) atoms. The minimum Gasteiger partial charge on any atom is -0.352 e. The third-order valence-corrected chi connectivity index (χ3v) is 6.09. The Bertz CT molecular complexity index is 914. The van der Waals surface area contributed by atoms with E-state index in [9.17, 15) is 9.65 Å². The van der Waals surface area contributed by atoms with Gasteiger partial charge in [-0.05, 0) is 38.6 Å². The Kier molecular flexibility index (Phi) is 5.86. The summed E-state index contributed by atoms with van der Waals surface area (Å²) < 4.78 is 15.4. The summed E-state index contributed by atoms with van der Waals surface area (Å²) in [5, 5.41) is 20.3. The van der Waals surface area contributed by atoms with E-state index in [2.05, 4.69) is 31.7 Å². The lowest BCUT2D eigenvalue weighted by Crippen LogP contribution is -2.70. The summed E-state index contributed by atoms with van der Waals surface area (Å²) in [6, 6.07) is 2.32. The van der Waals surface area contributed by atoms with Crippen LogP contribution in [0.1, 0.15) is 37.7 Å². The van der Waals surface area contributed by atoms with E-state index < -0.39 is 6.17 Å². The van der Waals surface area contributed by atoms with E-state index in [4.69, 9.17) is 4.98 Å². The number of hydrogen-bond donors (Lipinski definition) is 2. The predicted octanol–water partition coefficient (Wildman–Crippen LogP) is 2.85. The maximum absolute atomic E-state index is 13.7. The maximum Gasteiger partial charge on any atom is 0.229 e. The number of alkyl halides is 1. The van der Waals surface area contributed by atoms with Crippen LogP contribution in [0, 0.1) is 24.2 Å². The fraction of sp³-hybridized carbons (Fsp3) is 0.619. The molecule has 2 aliphatic rings. The molecule has 0 radical (unpaired) electrons. The monoisotopic (exact) mass is 412 g/mol. The summed E-state index contributed by atoms with van der Waals surface area (Å²) in [5.74, 6) is 1.74. The van der Waals surface area contributed by atoms with Crippen molar-refractivity contribution in [2.24, 2.45) is 13.0 Å². The molecule has 2 fully saturated rings. The first kappa shape index (κ1) is 20.5. The average Bonchev–Trinajstić information content (AvgIpc) is 3.10. The molecule has 2 aromatic rings. The van der Waals surface area contributed by atoms with Gasteiger partial charge in [-0.1, -0.05) is 6.42 Å². The number of nitriles is 1. The fourth-order valence-electron chi connectivity index (χ4n) is 4.47. The Morgan fingerprint density at radius 2 is 2.17 bits per heavy atom. The highest BCUT2D eigenvalue weighted by molar-refractivity contribution is 5.57. The molecule has 0 aromatic carbocycles. The molecule has 0 unspecified atom stereocenters. The SMILES string of the molecule is Cc1cnc(Nc2cnn(C)c2)nc1N1CC(CC#N)(NC[C@H]2CCC[C@H](F)C2)C1. The lowest BCUT2D eigenvalue weighted by atomic mass is 9.83. The Balaban J connectivity index is 1.40. The summed E-state index contributed by atoms with van der Waals surface area (Å²) in [5.41, 5.74) is 1.56. The molecular formula is C21H29FN8. The molecule has 1 aliphatic heterocycles. The second kappa shape index (κ2) is 8.56. The third-order valence-electron chi connectivity index (χ3n) is 6.09. The Morgan fingerprint density at radius 3 is 2.87 bits per heavy atom. The van der Waals surface area contributed by atoms with Gasteiger partial charge in [-0.3, -0.25) is 4.68 Å². The van der Waals surface area contributed by atoms with Crippen LogP contribution in [0.15, 0.2) is 18.6 Å². The number of nitrogens with zero attached hydrogens (tertiary/aromatic N) is 6. The highest BCUT2D eigenvalue weighted by Crippen LogP contribution is 2.33. The lowest BCUT2D eigenvalue weighted by molar-refractivity contribution is 0.173. The van der Waals surface area contributed by atoms with Crippen molar-refractivity contribution >= 4 is 17.5 Å². The molecular weight excluding hydrogens is 383 g/mol. The van der Waals surface area contributed by atoms with Crippen molar-refractivity contribution in [1.82, 2.24) is 25.1 Å². The Morgan fingerprint density at radius 1 is 1.33 bits per heavy atom. The molecule has 3 heterocycles. The van der Waals surface area contributed by atoms with Crippen LogP contribution in [0.25, 0.3) is 0 Å². The number of aromatic nitrogens is 4. The Hall–Kier alpha value is -2.73. The van der Waals surface area contributed by atoms with Crippen molar-refractivity contribution in [3.63, 3.8) is 0 Å². The van der Waals surface area contributed by atoms with Crippen LogP contribution in [0.4, 0.5) is 21.8 Å². The minimum absolute atomic E-state index is 0.258. The van der Waals surface area contributed by atoms with Gasteiger partial charge in [0.1, 0.15) is 12.0 Å². The number of rotatable bonds is 7. The normalized spacial score (nSPS) is 22.9. The zero-order valence-corrected chi connectivity index (χ0v) is 17.6. The number of hydrogen-bond acceptors (Lipinski definition) is 7. The minimum atomic E-state index is -0.676. The van der Waals surface area contributed by atoms with Crippen molar-refractivity contribution in [3.05, 3.63) is 24.2 Å². The average molecular weight is 413 g/mol. The molecule has 0 spiro atoms. The molecule has 2 N–H and O–H groups in total. The number of aryl methyl sites for hydroxylation is 2. The van der Waals surface area contributed by atoms with Gasteiger partial charge in [-0.2, -0.15) is 15.3 Å². The van der Waals surface area contributed by atoms with Crippen molar-refractivity contribution in [2.75, 3.05) is 29.9 Å². The van der Waals surface area contributed by atoms with E-state index in [1.807, 2.05) is 26.4 Å². The van der Waals surface area contributed by atoms with Crippen molar-refractivity contribution in [3.8, 4) is 6.07 Å². The zero-order chi connectivity index (χ0) is 21.1. The molecule has 1 saturated carbocycles. The van der Waals surface area contributed by atoms with Gasteiger partial charge in [-0.15, -0.1) is 0 Å². The maximum atomic E-state index is 13.7.